The van der Waals surface area contributed by atoms with Gasteiger partial charge in [0.15, 0.2) is 17.6 Å². The summed E-state index contributed by atoms with van der Waals surface area (Å²) in [5, 5.41) is 7.57. The van der Waals surface area contributed by atoms with Gasteiger partial charge >= 0.3 is 0 Å². The van der Waals surface area contributed by atoms with Gasteiger partial charge in [-0.05, 0) is 60.4 Å². The summed E-state index contributed by atoms with van der Waals surface area (Å²) in [7, 11) is 1.56. The summed E-state index contributed by atoms with van der Waals surface area (Å²) in [6.07, 6.45) is 0.803. The summed E-state index contributed by atoms with van der Waals surface area (Å²) >= 11 is 12.1. The Kier molecular flexibility index (Phi) is 11.7. The summed E-state index contributed by atoms with van der Waals surface area (Å²) in [5.74, 6) is 0.870. The fourth-order valence-corrected chi connectivity index (χ4v) is 4.00. The van der Waals surface area contributed by atoms with Crippen molar-refractivity contribution in [2.45, 2.75) is 39.3 Å². The predicted molar refractivity (Wildman–Crippen MR) is 158 cm³/mol. The third-order valence-corrected chi connectivity index (χ3v) is 6.16. The number of rotatable bonds is 13. The number of ether oxygens (including phenoxy) is 3. The maximum absolute atomic E-state index is 13.1. The molecule has 0 aliphatic heterocycles. The molecule has 3 aromatic rings. The Balaban J connectivity index is 1.68. The molecule has 0 saturated carbocycles. The number of amides is 2. The second-order valence-corrected chi connectivity index (χ2v) is 10.3. The maximum Gasteiger partial charge on any atom is 0.262 e. The number of halogens is 2. The second-order valence-electron chi connectivity index (χ2n) is 9.44. The van der Waals surface area contributed by atoms with E-state index in [1.807, 2.05) is 30.3 Å². The highest BCUT2D eigenvalue weighted by molar-refractivity contribution is 6.35. The van der Waals surface area contributed by atoms with Crippen LogP contribution in [0, 0.1) is 5.92 Å². The number of hydrazone groups is 1. The molecule has 0 aliphatic carbocycles. The minimum Gasteiger partial charge on any atom is -0.493 e. The number of hydrogen-bond acceptors (Lipinski definition) is 6. The molecule has 0 unspecified atom stereocenters. The molecule has 2 atom stereocenters. The zero-order valence-electron chi connectivity index (χ0n) is 22.8. The van der Waals surface area contributed by atoms with Gasteiger partial charge < -0.3 is 19.5 Å². The quantitative estimate of drug-likeness (QED) is 0.198. The van der Waals surface area contributed by atoms with Crippen LogP contribution in [0.3, 0.4) is 0 Å². The van der Waals surface area contributed by atoms with Crippen molar-refractivity contribution in [2.24, 2.45) is 11.0 Å². The molecule has 0 spiro atoms. The minimum atomic E-state index is -0.933. The predicted octanol–water partition coefficient (Wildman–Crippen LogP) is 5.68. The van der Waals surface area contributed by atoms with Gasteiger partial charge in [-0.15, -0.1) is 0 Å². The van der Waals surface area contributed by atoms with Crippen LogP contribution in [0.5, 0.6) is 17.2 Å². The van der Waals surface area contributed by atoms with Gasteiger partial charge in [0, 0.05) is 11.4 Å². The number of nitrogens with zero attached hydrogens (tertiary/aromatic N) is 1. The number of carbonyl (C=O) groups excluding carboxylic acids is 2. The summed E-state index contributed by atoms with van der Waals surface area (Å²) in [6.45, 7) is 6.25. The van der Waals surface area contributed by atoms with E-state index in [0.717, 1.165) is 5.56 Å². The summed E-state index contributed by atoms with van der Waals surface area (Å²) < 4.78 is 16.9. The maximum atomic E-state index is 13.1. The average Bonchev–Trinajstić information content (AvgIpc) is 2.93. The second kappa shape index (κ2) is 15.1. The van der Waals surface area contributed by atoms with Gasteiger partial charge in [0.05, 0.1) is 25.0 Å². The van der Waals surface area contributed by atoms with E-state index in [1.54, 1.807) is 44.4 Å². The first kappa shape index (κ1) is 30.8. The SMILES string of the molecule is COc1cc(/C=N\NC(=O)[C@H](Cc2ccccc2)NC(=O)[C@H](C)Oc2ccc(Cl)cc2Cl)ccc1OCC(C)C. The number of carbonyl (C=O) groups is 2. The van der Waals surface area contributed by atoms with Crippen molar-refractivity contribution in [2.75, 3.05) is 13.7 Å². The van der Waals surface area contributed by atoms with Gasteiger partial charge in [-0.1, -0.05) is 67.4 Å². The van der Waals surface area contributed by atoms with Crippen molar-refractivity contribution >= 4 is 41.2 Å². The van der Waals surface area contributed by atoms with Crippen LogP contribution in [0.4, 0.5) is 0 Å². The van der Waals surface area contributed by atoms with Crippen LogP contribution >= 0.6 is 23.2 Å². The molecule has 0 saturated heterocycles. The number of methoxy groups -OCH3 is 1. The van der Waals surface area contributed by atoms with E-state index in [-0.39, 0.29) is 11.4 Å². The normalized spacial score (nSPS) is 12.6. The Hall–Kier alpha value is -3.75. The molecule has 10 heteroatoms. The van der Waals surface area contributed by atoms with Crippen molar-refractivity contribution in [3.8, 4) is 17.2 Å². The zero-order chi connectivity index (χ0) is 29.1. The zero-order valence-corrected chi connectivity index (χ0v) is 24.3. The Bertz CT molecular complexity index is 1320. The van der Waals surface area contributed by atoms with Crippen molar-refractivity contribution in [3.63, 3.8) is 0 Å². The summed E-state index contributed by atoms with van der Waals surface area (Å²) in [5.41, 5.74) is 4.08. The number of nitrogens with one attached hydrogen (secondary N) is 2. The first-order valence-electron chi connectivity index (χ1n) is 12.8. The van der Waals surface area contributed by atoms with Crippen molar-refractivity contribution in [1.29, 1.82) is 0 Å². The van der Waals surface area contributed by atoms with Gasteiger partial charge in [0.1, 0.15) is 11.8 Å². The van der Waals surface area contributed by atoms with E-state index in [0.29, 0.717) is 40.4 Å². The Morgan fingerprint density at radius 2 is 1.65 bits per heavy atom. The van der Waals surface area contributed by atoms with Crippen LogP contribution in [0.15, 0.2) is 71.8 Å². The van der Waals surface area contributed by atoms with E-state index in [2.05, 4.69) is 29.7 Å². The highest BCUT2D eigenvalue weighted by atomic mass is 35.5. The first-order chi connectivity index (χ1) is 19.2. The molecule has 0 heterocycles. The van der Waals surface area contributed by atoms with Crippen LogP contribution in [-0.4, -0.2) is 43.9 Å². The van der Waals surface area contributed by atoms with E-state index < -0.39 is 24.0 Å². The smallest absolute Gasteiger partial charge is 0.262 e. The van der Waals surface area contributed by atoms with E-state index in [1.165, 1.54) is 12.3 Å². The van der Waals surface area contributed by atoms with Crippen molar-refractivity contribution in [1.82, 2.24) is 10.7 Å². The molecule has 0 fully saturated rings. The van der Waals surface area contributed by atoms with Crippen LogP contribution in [0.1, 0.15) is 31.9 Å². The molecule has 2 amide bonds. The number of hydrogen-bond donors (Lipinski definition) is 2. The molecule has 2 N–H and O–H groups in total. The lowest BCUT2D eigenvalue weighted by molar-refractivity contribution is -0.132. The van der Waals surface area contributed by atoms with Crippen LogP contribution in [-0.2, 0) is 16.0 Å². The molecule has 0 bridgehead atoms. The standard InChI is InChI=1S/C30H33Cl2N3O5/c1-19(2)18-39-27-12-10-22(15-28(27)38-4)17-33-35-30(37)25(14-21-8-6-5-7-9-21)34-29(36)20(3)40-26-13-11-23(31)16-24(26)32/h5-13,15-17,19-20,25H,14,18H2,1-4H3,(H,34,36)(H,35,37)/b33-17-/t20-,25-/m0/s1. The van der Waals surface area contributed by atoms with Crippen LogP contribution < -0.4 is 25.0 Å². The highest BCUT2D eigenvalue weighted by Gasteiger charge is 2.25. The van der Waals surface area contributed by atoms with Crippen LogP contribution in [0.25, 0.3) is 0 Å². The average molecular weight is 587 g/mol. The minimum absolute atomic E-state index is 0.248. The molecule has 0 aliphatic rings. The van der Waals surface area contributed by atoms with Crippen molar-refractivity contribution < 1.29 is 23.8 Å². The lowest BCUT2D eigenvalue weighted by Crippen LogP contribution is -2.50. The highest BCUT2D eigenvalue weighted by Crippen LogP contribution is 2.29. The molecule has 8 nitrogen and oxygen atoms in total. The van der Waals surface area contributed by atoms with Crippen LogP contribution in [0.2, 0.25) is 10.0 Å². The molecule has 0 radical (unpaired) electrons. The summed E-state index contributed by atoms with van der Waals surface area (Å²) in [6, 6.07) is 18.5. The van der Waals surface area contributed by atoms with Gasteiger partial charge in [-0.2, -0.15) is 5.10 Å². The van der Waals surface area contributed by atoms with E-state index in [9.17, 15) is 9.59 Å². The monoisotopic (exact) mass is 585 g/mol. The van der Waals surface area contributed by atoms with Gasteiger partial charge in [0.25, 0.3) is 11.8 Å². The molecule has 40 heavy (non-hydrogen) atoms. The fourth-order valence-electron chi connectivity index (χ4n) is 3.55. The Labute approximate surface area is 244 Å². The molecule has 0 aromatic heterocycles. The van der Waals surface area contributed by atoms with Gasteiger partial charge in [-0.3, -0.25) is 9.59 Å². The lowest BCUT2D eigenvalue weighted by Gasteiger charge is -2.21. The summed E-state index contributed by atoms with van der Waals surface area (Å²) in [4.78, 5) is 26.1. The third kappa shape index (κ3) is 9.47. The molecule has 212 valence electrons. The first-order valence-corrected chi connectivity index (χ1v) is 13.5. The molecular formula is C30H33Cl2N3O5. The Morgan fingerprint density at radius 1 is 0.925 bits per heavy atom. The van der Waals surface area contributed by atoms with Crippen molar-refractivity contribution in [3.05, 3.63) is 87.9 Å². The molecule has 3 rings (SSSR count). The number of benzene rings is 3. The Morgan fingerprint density at radius 3 is 2.33 bits per heavy atom. The van der Waals surface area contributed by atoms with E-state index >= 15 is 0 Å². The topological polar surface area (TPSA) is 98.2 Å². The molecule has 3 aromatic carbocycles. The lowest BCUT2D eigenvalue weighted by atomic mass is 10.1. The fraction of sp³-hybridized carbons (Fsp3) is 0.300. The molecular weight excluding hydrogens is 553 g/mol. The largest absolute Gasteiger partial charge is 0.493 e. The van der Waals surface area contributed by atoms with E-state index in [4.69, 9.17) is 37.4 Å². The van der Waals surface area contributed by atoms with Gasteiger partial charge in [-0.25, -0.2) is 5.43 Å². The third-order valence-electron chi connectivity index (χ3n) is 5.63. The van der Waals surface area contributed by atoms with Gasteiger partial charge in [0.2, 0.25) is 0 Å².